The molecule has 1 radical (unpaired) electrons. The topological polar surface area (TPSA) is 0 Å². The standard InChI is InChI=1S/3C2H6.CH3.Y/c3*1-2;;/h3*1-2H3;1H3;/q;;;-1;. The first-order valence-corrected chi connectivity index (χ1v) is 3.00. The monoisotopic (exact) mass is 194 g/mol. The smallest absolute Gasteiger partial charge is 0 e. The van der Waals surface area contributed by atoms with Gasteiger partial charge in [-0.15, -0.1) is 0 Å². The fourth-order valence-electron chi connectivity index (χ4n) is 0. The van der Waals surface area contributed by atoms with Gasteiger partial charge in [0.1, 0.15) is 0 Å². The SMILES string of the molecule is CC.CC.CC.[CH3-].[Y]. The fraction of sp³-hybridized carbons (Fsp3) is 0.857. The Balaban J connectivity index is -0.00000000500. The first kappa shape index (κ1) is 35.5. The number of hydrogen-bond acceptors (Lipinski definition) is 0. The van der Waals surface area contributed by atoms with Crippen LogP contribution in [0.5, 0.6) is 0 Å². The van der Waals surface area contributed by atoms with Crippen molar-refractivity contribution in [2.45, 2.75) is 41.5 Å². The zero-order valence-electron chi connectivity index (χ0n) is 7.58. The molecule has 0 N–H and O–H groups in total. The Labute approximate surface area is 81.3 Å². The van der Waals surface area contributed by atoms with Crippen molar-refractivity contribution < 1.29 is 32.7 Å². The van der Waals surface area contributed by atoms with Crippen LogP contribution in [0.15, 0.2) is 0 Å². The molecular formula is C7H21Y-. The van der Waals surface area contributed by atoms with Crippen molar-refractivity contribution in [2.75, 3.05) is 0 Å². The van der Waals surface area contributed by atoms with Crippen LogP contribution in [0, 0.1) is 7.43 Å². The molecule has 8 heavy (non-hydrogen) atoms. The summed E-state index contributed by atoms with van der Waals surface area (Å²) in [6.45, 7) is 12.0. The predicted molar refractivity (Wildman–Crippen MR) is 40.5 cm³/mol. The summed E-state index contributed by atoms with van der Waals surface area (Å²) in [5.74, 6) is 0. The molecule has 0 heterocycles. The maximum Gasteiger partial charge on any atom is 0 e. The normalized spacial score (nSPS) is 2.25. The summed E-state index contributed by atoms with van der Waals surface area (Å²) in [4.78, 5) is 0. The van der Waals surface area contributed by atoms with Crippen molar-refractivity contribution >= 4 is 0 Å². The van der Waals surface area contributed by atoms with Gasteiger partial charge in [-0.25, -0.2) is 0 Å². The summed E-state index contributed by atoms with van der Waals surface area (Å²) >= 11 is 0. The Hall–Kier alpha value is 1.10. The van der Waals surface area contributed by atoms with E-state index in [2.05, 4.69) is 0 Å². The van der Waals surface area contributed by atoms with Gasteiger partial charge in [-0.2, -0.15) is 0 Å². The molecule has 0 aliphatic rings. The predicted octanol–water partition coefficient (Wildman–Crippen LogP) is 3.53. The van der Waals surface area contributed by atoms with Crippen LogP contribution < -0.4 is 0 Å². The van der Waals surface area contributed by atoms with Crippen LogP contribution in [-0.2, 0) is 32.7 Å². The van der Waals surface area contributed by atoms with Gasteiger partial charge < -0.3 is 7.43 Å². The van der Waals surface area contributed by atoms with Crippen LogP contribution in [0.1, 0.15) is 41.5 Å². The van der Waals surface area contributed by atoms with E-state index < -0.39 is 0 Å². The van der Waals surface area contributed by atoms with E-state index in [0.29, 0.717) is 0 Å². The third kappa shape index (κ3) is 217. The van der Waals surface area contributed by atoms with Gasteiger partial charge in [-0.3, -0.25) is 0 Å². The van der Waals surface area contributed by atoms with Gasteiger partial charge in [0.15, 0.2) is 0 Å². The Kier molecular flexibility index (Phi) is 1490. The molecule has 0 atom stereocenters. The molecule has 0 aromatic rings. The van der Waals surface area contributed by atoms with Crippen molar-refractivity contribution in [1.29, 1.82) is 0 Å². The van der Waals surface area contributed by atoms with Gasteiger partial charge in [-0.1, -0.05) is 41.5 Å². The van der Waals surface area contributed by atoms with Crippen LogP contribution in [0.2, 0.25) is 0 Å². The van der Waals surface area contributed by atoms with E-state index in [1.54, 1.807) is 0 Å². The van der Waals surface area contributed by atoms with Gasteiger partial charge in [-0.05, 0) is 0 Å². The van der Waals surface area contributed by atoms with Gasteiger partial charge in [0.25, 0.3) is 0 Å². The van der Waals surface area contributed by atoms with Crippen LogP contribution in [0.3, 0.4) is 0 Å². The molecule has 0 aliphatic carbocycles. The Morgan fingerprint density at radius 2 is 0.500 bits per heavy atom. The van der Waals surface area contributed by atoms with Gasteiger partial charge in [0.2, 0.25) is 0 Å². The average Bonchev–Trinajstić information content (AvgIpc) is 1.81. The molecular weight excluding hydrogens is 173 g/mol. The zero-order chi connectivity index (χ0) is 6.00. The van der Waals surface area contributed by atoms with E-state index in [1.807, 2.05) is 41.5 Å². The molecule has 0 fully saturated rings. The van der Waals surface area contributed by atoms with E-state index in [4.69, 9.17) is 0 Å². The van der Waals surface area contributed by atoms with Crippen molar-refractivity contribution in [1.82, 2.24) is 0 Å². The third-order valence-electron chi connectivity index (χ3n) is 0. The molecule has 0 saturated carbocycles. The molecule has 0 rings (SSSR count). The Morgan fingerprint density at radius 1 is 0.500 bits per heavy atom. The minimum absolute atomic E-state index is 0. The first-order chi connectivity index (χ1) is 3.00. The van der Waals surface area contributed by atoms with Crippen molar-refractivity contribution in [3.8, 4) is 0 Å². The second kappa shape index (κ2) is 336. The summed E-state index contributed by atoms with van der Waals surface area (Å²) in [6, 6.07) is 0. The summed E-state index contributed by atoms with van der Waals surface area (Å²) in [6.07, 6.45) is 0. The molecule has 53 valence electrons. The molecule has 0 amide bonds. The van der Waals surface area contributed by atoms with E-state index >= 15 is 0 Å². The van der Waals surface area contributed by atoms with Crippen molar-refractivity contribution in [3.63, 3.8) is 0 Å². The van der Waals surface area contributed by atoms with E-state index in [-0.39, 0.29) is 40.1 Å². The van der Waals surface area contributed by atoms with Gasteiger partial charge in [0.05, 0.1) is 0 Å². The minimum Gasteiger partial charge on any atom is -0.358 e. The average molecular weight is 194 g/mol. The quantitative estimate of drug-likeness (QED) is 0.517. The van der Waals surface area contributed by atoms with Crippen LogP contribution >= 0.6 is 0 Å². The minimum atomic E-state index is 0. The Bertz CT molecular complexity index is 4.35. The largest absolute Gasteiger partial charge is 0.358 e. The molecule has 0 bridgehead atoms. The second-order valence-corrected chi connectivity index (χ2v) is 0. The van der Waals surface area contributed by atoms with Crippen molar-refractivity contribution in [3.05, 3.63) is 7.43 Å². The summed E-state index contributed by atoms with van der Waals surface area (Å²) in [7, 11) is 0. The van der Waals surface area contributed by atoms with Crippen LogP contribution in [0.25, 0.3) is 0 Å². The number of hydrogen-bond donors (Lipinski definition) is 0. The first-order valence-electron chi connectivity index (χ1n) is 3.00. The van der Waals surface area contributed by atoms with Crippen LogP contribution in [0.4, 0.5) is 0 Å². The maximum absolute atomic E-state index is 2.00. The summed E-state index contributed by atoms with van der Waals surface area (Å²) in [5, 5.41) is 0. The van der Waals surface area contributed by atoms with Crippen molar-refractivity contribution in [2.24, 2.45) is 0 Å². The van der Waals surface area contributed by atoms with E-state index in [1.165, 1.54) is 0 Å². The van der Waals surface area contributed by atoms with Gasteiger partial charge in [0, 0.05) is 32.7 Å². The molecule has 0 aliphatic heterocycles. The zero-order valence-corrected chi connectivity index (χ0v) is 10.4. The molecule has 0 nitrogen and oxygen atoms in total. The summed E-state index contributed by atoms with van der Waals surface area (Å²) in [5.41, 5.74) is 0. The van der Waals surface area contributed by atoms with E-state index in [0.717, 1.165) is 0 Å². The fourth-order valence-corrected chi connectivity index (χ4v) is 0. The Morgan fingerprint density at radius 3 is 0.500 bits per heavy atom. The van der Waals surface area contributed by atoms with E-state index in [9.17, 15) is 0 Å². The van der Waals surface area contributed by atoms with Crippen LogP contribution in [-0.4, -0.2) is 0 Å². The molecule has 0 aromatic carbocycles. The molecule has 0 unspecified atom stereocenters. The molecule has 0 aromatic heterocycles. The third-order valence-corrected chi connectivity index (χ3v) is 0. The number of rotatable bonds is 0. The molecule has 0 saturated heterocycles. The molecule has 1 heteroatoms. The second-order valence-electron chi connectivity index (χ2n) is 0. The molecule has 0 spiro atoms. The maximum atomic E-state index is 2.00. The summed E-state index contributed by atoms with van der Waals surface area (Å²) < 4.78 is 0. The van der Waals surface area contributed by atoms with Gasteiger partial charge >= 0.3 is 0 Å².